The van der Waals surface area contributed by atoms with Crippen LogP contribution in [0.25, 0.3) is 0 Å². The number of thioether (sulfide) groups is 1. The van der Waals surface area contributed by atoms with E-state index in [1.165, 1.54) is 5.56 Å². The monoisotopic (exact) mass is 267 g/mol. The maximum Gasteiger partial charge on any atom is 0.238 e. The van der Waals surface area contributed by atoms with Crippen LogP contribution in [-0.4, -0.2) is 17.7 Å². The van der Waals surface area contributed by atoms with E-state index in [2.05, 4.69) is 11.5 Å². The number of benzene rings is 1. The van der Waals surface area contributed by atoms with E-state index in [9.17, 15) is 4.79 Å². The minimum absolute atomic E-state index is 0.164. The highest BCUT2D eigenvalue weighted by atomic mass is 32.2. The topological polar surface area (TPSA) is 81.1 Å². The van der Waals surface area contributed by atoms with Crippen LogP contribution in [0.15, 0.2) is 24.3 Å². The maximum atomic E-state index is 11.3. The fourth-order valence-corrected chi connectivity index (χ4v) is 2.73. The average molecular weight is 267 g/mol. The molecule has 100 valence electrons. The summed E-state index contributed by atoms with van der Waals surface area (Å²) in [6, 6.07) is 8.20. The van der Waals surface area contributed by atoms with Gasteiger partial charge in [-0.15, -0.1) is 0 Å². The first kappa shape index (κ1) is 15.0. The second-order valence-electron chi connectivity index (χ2n) is 4.33. The van der Waals surface area contributed by atoms with Crippen LogP contribution in [0.4, 0.5) is 0 Å². The summed E-state index contributed by atoms with van der Waals surface area (Å²) in [5.74, 6) is 6.88. The Hall–Kier alpha value is -1.04. The van der Waals surface area contributed by atoms with Gasteiger partial charge in [-0.1, -0.05) is 24.3 Å². The standard InChI is InChI=1S/C13H21N3OS/c1-10(14)6-7-18-9-12-5-3-2-4-11(12)8-13(17)16-15/h2-5,10H,6-9,14-15H2,1H3,(H,16,17). The molecule has 1 amide bonds. The molecule has 1 aromatic carbocycles. The summed E-state index contributed by atoms with van der Waals surface area (Å²) in [5.41, 5.74) is 10.1. The molecule has 0 radical (unpaired) electrons. The fraction of sp³-hybridized carbons (Fsp3) is 0.462. The third-order valence-corrected chi connectivity index (χ3v) is 3.64. The summed E-state index contributed by atoms with van der Waals surface area (Å²) in [4.78, 5) is 11.3. The van der Waals surface area contributed by atoms with Gasteiger partial charge in [-0.2, -0.15) is 11.8 Å². The average Bonchev–Trinajstić information content (AvgIpc) is 2.36. The molecule has 1 atom stereocenters. The Morgan fingerprint density at radius 2 is 2.06 bits per heavy atom. The molecule has 0 fully saturated rings. The Labute approximate surface area is 112 Å². The second kappa shape index (κ2) is 8.13. The van der Waals surface area contributed by atoms with Crippen molar-refractivity contribution in [3.8, 4) is 0 Å². The van der Waals surface area contributed by atoms with Gasteiger partial charge < -0.3 is 5.73 Å². The minimum atomic E-state index is -0.164. The third-order valence-electron chi connectivity index (χ3n) is 2.61. The Balaban J connectivity index is 2.51. The Morgan fingerprint density at radius 1 is 1.39 bits per heavy atom. The largest absolute Gasteiger partial charge is 0.328 e. The highest BCUT2D eigenvalue weighted by molar-refractivity contribution is 7.98. The van der Waals surface area contributed by atoms with Crippen LogP contribution in [0.3, 0.4) is 0 Å². The lowest BCUT2D eigenvalue weighted by molar-refractivity contribution is -0.120. The number of carbonyl (C=O) groups is 1. The van der Waals surface area contributed by atoms with Gasteiger partial charge in [0.15, 0.2) is 0 Å². The number of nitrogens with one attached hydrogen (secondary N) is 1. The number of nitrogens with two attached hydrogens (primary N) is 2. The number of hydrazine groups is 1. The molecule has 5 heteroatoms. The first-order valence-electron chi connectivity index (χ1n) is 6.03. The van der Waals surface area contributed by atoms with Gasteiger partial charge in [0.1, 0.15) is 0 Å². The Kier molecular flexibility index (Phi) is 6.78. The first-order chi connectivity index (χ1) is 8.63. The predicted octanol–water partition coefficient (Wildman–Crippen LogP) is 1.19. The summed E-state index contributed by atoms with van der Waals surface area (Å²) in [6.45, 7) is 2.01. The maximum absolute atomic E-state index is 11.3. The summed E-state index contributed by atoms with van der Waals surface area (Å²) in [6.07, 6.45) is 1.34. The van der Waals surface area contributed by atoms with Gasteiger partial charge in [0.2, 0.25) is 5.91 Å². The van der Waals surface area contributed by atoms with Gasteiger partial charge in [0.25, 0.3) is 0 Å². The fourth-order valence-electron chi connectivity index (χ4n) is 1.55. The van der Waals surface area contributed by atoms with Crippen LogP contribution in [0.2, 0.25) is 0 Å². The number of carbonyl (C=O) groups excluding carboxylic acids is 1. The lowest BCUT2D eigenvalue weighted by Crippen LogP contribution is -2.31. The first-order valence-corrected chi connectivity index (χ1v) is 7.18. The second-order valence-corrected chi connectivity index (χ2v) is 5.44. The predicted molar refractivity (Wildman–Crippen MR) is 76.9 cm³/mol. The van der Waals surface area contributed by atoms with Crippen molar-refractivity contribution >= 4 is 17.7 Å². The van der Waals surface area contributed by atoms with Gasteiger partial charge in [0.05, 0.1) is 6.42 Å². The molecule has 0 saturated carbocycles. The van der Waals surface area contributed by atoms with Crippen molar-refractivity contribution in [2.24, 2.45) is 11.6 Å². The highest BCUT2D eigenvalue weighted by Crippen LogP contribution is 2.18. The molecule has 1 unspecified atom stereocenters. The SMILES string of the molecule is CC(N)CCSCc1ccccc1CC(=O)NN. The molecule has 0 spiro atoms. The van der Waals surface area contributed by atoms with Crippen molar-refractivity contribution in [3.63, 3.8) is 0 Å². The summed E-state index contributed by atoms with van der Waals surface area (Å²) in [7, 11) is 0. The quantitative estimate of drug-likeness (QED) is 0.300. The highest BCUT2D eigenvalue weighted by Gasteiger charge is 2.06. The van der Waals surface area contributed by atoms with Crippen LogP contribution in [0, 0.1) is 0 Å². The molecule has 0 saturated heterocycles. The van der Waals surface area contributed by atoms with Crippen LogP contribution < -0.4 is 17.0 Å². The normalized spacial score (nSPS) is 12.2. The number of hydrogen-bond donors (Lipinski definition) is 3. The van der Waals surface area contributed by atoms with Crippen molar-refractivity contribution in [1.82, 2.24) is 5.43 Å². The molecular weight excluding hydrogens is 246 g/mol. The number of hydrogen-bond acceptors (Lipinski definition) is 4. The van der Waals surface area contributed by atoms with E-state index >= 15 is 0 Å². The van der Waals surface area contributed by atoms with Gasteiger partial charge in [-0.3, -0.25) is 10.2 Å². The smallest absolute Gasteiger partial charge is 0.238 e. The van der Waals surface area contributed by atoms with Crippen LogP contribution in [0.1, 0.15) is 24.5 Å². The minimum Gasteiger partial charge on any atom is -0.328 e. The molecule has 0 aliphatic rings. The molecule has 0 aliphatic heterocycles. The van der Waals surface area contributed by atoms with E-state index in [4.69, 9.17) is 11.6 Å². The van der Waals surface area contributed by atoms with E-state index in [0.29, 0.717) is 6.42 Å². The summed E-state index contributed by atoms with van der Waals surface area (Å²) >= 11 is 1.84. The Bertz CT molecular complexity index is 382. The number of rotatable bonds is 7. The Morgan fingerprint density at radius 3 is 2.67 bits per heavy atom. The summed E-state index contributed by atoms with van der Waals surface area (Å²) < 4.78 is 0. The summed E-state index contributed by atoms with van der Waals surface area (Å²) in [5, 5.41) is 0. The molecular formula is C13H21N3OS. The zero-order valence-corrected chi connectivity index (χ0v) is 11.5. The van der Waals surface area contributed by atoms with E-state index in [0.717, 1.165) is 23.5 Å². The zero-order chi connectivity index (χ0) is 13.4. The molecule has 1 aromatic rings. The molecule has 0 bridgehead atoms. The molecule has 0 aliphatic carbocycles. The third kappa shape index (κ3) is 5.53. The van der Waals surface area contributed by atoms with Crippen molar-refractivity contribution in [2.45, 2.75) is 31.6 Å². The van der Waals surface area contributed by atoms with Crippen LogP contribution in [-0.2, 0) is 17.0 Å². The van der Waals surface area contributed by atoms with E-state index in [-0.39, 0.29) is 11.9 Å². The van der Waals surface area contributed by atoms with Crippen molar-refractivity contribution in [3.05, 3.63) is 35.4 Å². The molecule has 18 heavy (non-hydrogen) atoms. The number of amides is 1. The molecule has 4 nitrogen and oxygen atoms in total. The van der Waals surface area contributed by atoms with Crippen molar-refractivity contribution in [2.75, 3.05) is 5.75 Å². The van der Waals surface area contributed by atoms with Gasteiger partial charge in [-0.25, -0.2) is 5.84 Å². The van der Waals surface area contributed by atoms with E-state index in [1.54, 1.807) is 0 Å². The van der Waals surface area contributed by atoms with E-state index in [1.807, 2.05) is 36.9 Å². The van der Waals surface area contributed by atoms with Crippen LogP contribution in [0.5, 0.6) is 0 Å². The molecule has 0 heterocycles. The van der Waals surface area contributed by atoms with E-state index < -0.39 is 0 Å². The van der Waals surface area contributed by atoms with Gasteiger partial charge >= 0.3 is 0 Å². The van der Waals surface area contributed by atoms with Crippen LogP contribution >= 0.6 is 11.8 Å². The molecule has 0 aromatic heterocycles. The molecule has 5 N–H and O–H groups in total. The lowest BCUT2D eigenvalue weighted by atomic mass is 10.1. The van der Waals surface area contributed by atoms with Crippen molar-refractivity contribution in [1.29, 1.82) is 0 Å². The molecule has 1 rings (SSSR count). The van der Waals surface area contributed by atoms with Gasteiger partial charge in [0, 0.05) is 11.8 Å². The van der Waals surface area contributed by atoms with Gasteiger partial charge in [-0.05, 0) is 30.2 Å². The zero-order valence-electron chi connectivity index (χ0n) is 10.7. The lowest BCUT2D eigenvalue weighted by Gasteiger charge is -2.09. The van der Waals surface area contributed by atoms with Crippen molar-refractivity contribution < 1.29 is 4.79 Å².